The number of primary amides is 1. The maximum absolute atomic E-state index is 10.9. The molecule has 0 bridgehead atoms. The zero-order valence-corrected chi connectivity index (χ0v) is 11.2. The van der Waals surface area contributed by atoms with Crippen LogP contribution in [-0.4, -0.2) is 24.0 Å². The summed E-state index contributed by atoms with van der Waals surface area (Å²) in [6, 6.07) is 5.35. The highest BCUT2D eigenvalue weighted by molar-refractivity contribution is 6.29. The molecule has 1 aliphatic rings. The maximum atomic E-state index is 10.9. The van der Waals surface area contributed by atoms with Crippen LogP contribution >= 0.6 is 11.6 Å². The number of piperidine rings is 1. The van der Waals surface area contributed by atoms with E-state index in [9.17, 15) is 4.79 Å². The zero-order chi connectivity index (χ0) is 13.8. The number of hydrogen-bond acceptors (Lipinski definition) is 4. The second kappa shape index (κ2) is 5.89. The van der Waals surface area contributed by atoms with Crippen LogP contribution in [0.5, 0.6) is 0 Å². The number of anilines is 1. The Balaban J connectivity index is 2.03. The second-order valence-corrected chi connectivity index (χ2v) is 5.14. The first-order valence-electron chi connectivity index (χ1n) is 6.19. The molecule has 100 valence electrons. The third-order valence-corrected chi connectivity index (χ3v) is 3.53. The van der Waals surface area contributed by atoms with Crippen molar-refractivity contribution in [1.82, 2.24) is 4.98 Å². The van der Waals surface area contributed by atoms with Gasteiger partial charge in [-0.3, -0.25) is 4.79 Å². The highest BCUT2D eigenvalue weighted by Gasteiger charge is 2.21. The van der Waals surface area contributed by atoms with E-state index in [-0.39, 0.29) is 5.91 Å². The molecule has 5 nitrogen and oxygen atoms in total. The molecule has 1 aliphatic heterocycles. The first-order valence-corrected chi connectivity index (χ1v) is 6.57. The Kier molecular flexibility index (Phi) is 4.23. The van der Waals surface area contributed by atoms with E-state index in [0.29, 0.717) is 23.1 Å². The highest BCUT2D eigenvalue weighted by Crippen LogP contribution is 2.25. The van der Waals surface area contributed by atoms with Crippen LogP contribution in [-0.2, 0) is 4.79 Å². The van der Waals surface area contributed by atoms with Crippen LogP contribution in [0.3, 0.4) is 0 Å². The van der Waals surface area contributed by atoms with Crippen LogP contribution < -0.4 is 10.6 Å². The summed E-state index contributed by atoms with van der Waals surface area (Å²) in [7, 11) is 0. The summed E-state index contributed by atoms with van der Waals surface area (Å²) in [5.41, 5.74) is 5.72. The molecule has 0 unspecified atom stereocenters. The monoisotopic (exact) mass is 278 g/mol. The van der Waals surface area contributed by atoms with Crippen LogP contribution in [0.15, 0.2) is 12.1 Å². The summed E-state index contributed by atoms with van der Waals surface area (Å²) in [6.07, 6.45) is 2.25. The number of carbonyl (C=O) groups is 1. The van der Waals surface area contributed by atoms with Gasteiger partial charge in [0.25, 0.3) is 0 Å². The Morgan fingerprint density at radius 1 is 1.53 bits per heavy atom. The van der Waals surface area contributed by atoms with Crippen molar-refractivity contribution in [3.63, 3.8) is 0 Å². The van der Waals surface area contributed by atoms with Gasteiger partial charge < -0.3 is 10.6 Å². The predicted octanol–water partition coefficient (Wildman–Crippen LogP) is 1.70. The number of amides is 1. The second-order valence-electron chi connectivity index (χ2n) is 4.75. The molecule has 0 radical (unpaired) electrons. The number of nitriles is 1. The average Bonchev–Trinajstić information content (AvgIpc) is 2.38. The van der Waals surface area contributed by atoms with Gasteiger partial charge >= 0.3 is 0 Å². The van der Waals surface area contributed by atoms with Crippen molar-refractivity contribution in [2.75, 3.05) is 18.0 Å². The van der Waals surface area contributed by atoms with Crippen LogP contribution in [0, 0.1) is 17.2 Å². The predicted molar refractivity (Wildman–Crippen MR) is 72.7 cm³/mol. The van der Waals surface area contributed by atoms with E-state index in [1.165, 1.54) is 0 Å². The number of aromatic nitrogens is 1. The van der Waals surface area contributed by atoms with Crippen LogP contribution in [0.1, 0.15) is 24.8 Å². The molecule has 1 fully saturated rings. The van der Waals surface area contributed by atoms with Crippen LogP contribution in [0.2, 0.25) is 5.15 Å². The lowest BCUT2D eigenvalue weighted by molar-refractivity contribution is -0.119. The summed E-state index contributed by atoms with van der Waals surface area (Å²) >= 11 is 5.90. The van der Waals surface area contributed by atoms with Crippen molar-refractivity contribution in [2.24, 2.45) is 11.7 Å². The molecule has 2 heterocycles. The van der Waals surface area contributed by atoms with Crippen molar-refractivity contribution < 1.29 is 4.79 Å². The largest absolute Gasteiger partial charge is 0.370 e. The molecule has 1 amide bonds. The number of nitrogens with zero attached hydrogens (tertiary/aromatic N) is 3. The molecule has 0 saturated carbocycles. The standard InChI is InChI=1S/C13H15ClN4O/c14-11-5-10(8-15)7-13(17-11)18-3-1-9(2-4-18)6-12(16)19/h5,7,9H,1-4,6H2,(H2,16,19). The van der Waals surface area contributed by atoms with E-state index in [0.717, 1.165) is 31.7 Å². The van der Waals surface area contributed by atoms with Gasteiger partial charge in [0.15, 0.2) is 0 Å². The minimum absolute atomic E-state index is 0.244. The lowest BCUT2D eigenvalue weighted by atomic mass is 9.93. The van der Waals surface area contributed by atoms with Gasteiger partial charge in [0.1, 0.15) is 11.0 Å². The minimum Gasteiger partial charge on any atom is -0.370 e. The molecular weight excluding hydrogens is 264 g/mol. The molecule has 0 aliphatic carbocycles. The maximum Gasteiger partial charge on any atom is 0.217 e. The Hall–Kier alpha value is -1.80. The van der Waals surface area contributed by atoms with E-state index in [1.54, 1.807) is 12.1 Å². The zero-order valence-electron chi connectivity index (χ0n) is 10.5. The Morgan fingerprint density at radius 3 is 2.79 bits per heavy atom. The number of pyridine rings is 1. The molecular formula is C13H15ClN4O. The third kappa shape index (κ3) is 3.58. The topological polar surface area (TPSA) is 83.0 Å². The summed E-state index contributed by atoms with van der Waals surface area (Å²) in [5, 5.41) is 9.25. The lowest BCUT2D eigenvalue weighted by Gasteiger charge is -2.32. The number of carbonyl (C=O) groups excluding carboxylic acids is 1. The van der Waals surface area contributed by atoms with Crippen molar-refractivity contribution in [3.05, 3.63) is 22.8 Å². The number of rotatable bonds is 3. The fraction of sp³-hybridized carbons (Fsp3) is 0.462. The van der Waals surface area contributed by atoms with Gasteiger partial charge in [-0.2, -0.15) is 5.26 Å². The third-order valence-electron chi connectivity index (χ3n) is 3.34. The molecule has 1 aromatic rings. The van der Waals surface area contributed by atoms with E-state index < -0.39 is 0 Å². The van der Waals surface area contributed by atoms with Crippen LogP contribution in [0.25, 0.3) is 0 Å². The molecule has 1 aromatic heterocycles. The van der Waals surface area contributed by atoms with Crippen molar-refractivity contribution >= 4 is 23.3 Å². The first-order chi connectivity index (χ1) is 9.08. The molecule has 0 spiro atoms. The van der Waals surface area contributed by atoms with Gasteiger partial charge in [0.05, 0.1) is 11.6 Å². The SMILES string of the molecule is N#Cc1cc(Cl)nc(N2CCC(CC(N)=O)CC2)c1. The van der Waals surface area contributed by atoms with E-state index in [2.05, 4.69) is 16.0 Å². The molecule has 2 rings (SSSR count). The van der Waals surface area contributed by atoms with E-state index in [1.807, 2.05) is 0 Å². The molecule has 0 aromatic carbocycles. The molecule has 19 heavy (non-hydrogen) atoms. The fourth-order valence-corrected chi connectivity index (χ4v) is 2.56. The van der Waals surface area contributed by atoms with Gasteiger partial charge in [-0.25, -0.2) is 4.98 Å². The summed E-state index contributed by atoms with van der Waals surface area (Å²) < 4.78 is 0. The Bertz CT molecular complexity index is 518. The molecule has 1 saturated heterocycles. The van der Waals surface area contributed by atoms with Gasteiger partial charge in [-0.15, -0.1) is 0 Å². The van der Waals surface area contributed by atoms with Gasteiger partial charge in [0, 0.05) is 19.5 Å². The first kappa shape index (κ1) is 13.6. The Morgan fingerprint density at radius 2 is 2.21 bits per heavy atom. The van der Waals surface area contributed by atoms with Gasteiger partial charge in [0.2, 0.25) is 5.91 Å². The molecule has 0 atom stereocenters. The highest BCUT2D eigenvalue weighted by atomic mass is 35.5. The summed E-state index contributed by atoms with van der Waals surface area (Å²) in [5.74, 6) is 0.830. The van der Waals surface area contributed by atoms with Crippen molar-refractivity contribution in [2.45, 2.75) is 19.3 Å². The van der Waals surface area contributed by atoms with Gasteiger partial charge in [-0.1, -0.05) is 11.6 Å². The normalized spacial score (nSPS) is 16.1. The minimum atomic E-state index is -0.244. The molecule has 2 N–H and O–H groups in total. The smallest absolute Gasteiger partial charge is 0.217 e. The van der Waals surface area contributed by atoms with Crippen LogP contribution in [0.4, 0.5) is 5.82 Å². The number of halogens is 1. The quantitative estimate of drug-likeness (QED) is 0.853. The number of nitrogens with two attached hydrogens (primary N) is 1. The summed E-state index contributed by atoms with van der Waals surface area (Å²) in [4.78, 5) is 17.2. The van der Waals surface area contributed by atoms with E-state index in [4.69, 9.17) is 22.6 Å². The fourth-order valence-electron chi connectivity index (χ4n) is 2.36. The summed E-state index contributed by atoms with van der Waals surface area (Å²) in [6.45, 7) is 1.60. The van der Waals surface area contributed by atoms with Gasteiger partial charge in [-0.05, 0) is 30.9 Å². The van der Waals surface area contributed by atoms with Crippen molar-refractivity contribution in [1.29, 1.82) is 5.26 Å². The Labute approximate surface area is 117 Å². The number of hydrogen-bond donors (Lipinski definition) is 1. The molecule has 6 heteroatoms. The van der Waals surface area contributed by atoms with Crippen molar-refractivity contribution in [3.8, 4) is 6.07 Å². The lowest BCUT2D eigenvalue weighted by Crippen LogP contribution is -2.35. The van der Waals surface area contributed by atoms with E-state index >= 15 is 0 Å². The average molecular weight is 279 g/mol.